The van der Waals surface area contributed by atoms with E-state index in [1.165, 1.54) is 104 Å². The van der Waals surface area contributed by atoms with Crippen molar-refractivity contribution in [3.63, 3.8) is 0 Å². The van der Waals surface area contributed by atoms with Crippen LogP contribution in [0.5, 0.6) is 0 Å². The first kappa shape index (κ1) is 36.8. The zero-order chi connectivity index (χ0) is 43.0. The summed E-state index contributed by atoms with van der Waals surface area (Å²) >= 11 is 1.90. The molecule has 3 aliphatic rings. The standard InChI is InChI=1S/C62H42N2S/c1-61(2)48-25-9-7-23-47(48)60-52(61)28-16-31-55(60)64-54-30-12-8-22-44(54)45-35-33-41(37-56(45)64)63(40-19-4-3-5-20-40)42-34-36-51-58(38-42)65-57-32-13-11-27-50(57)62(51)49-26-10-6-21-43(49)46-24-14-17-39-18-15-29-53(62)59(39)46/h3-38H,1-2H3. The first-order valence-electron chi connectivity index (χ1n) is 22.7. The molecule has 1 unspecified atom stereocenters. The van der Waals surface area contributed by atoms with Crippen LogP contribution >= 0.6 is 11.8 Å². The van der Waals surface area contributed by atoms with Gasteiger partial charge < -0.3 is 9.47 Å². The van der Waals surface area contributed by atoms with Gasteiger partial charge in [0.25, 0.3) is 0 Å². The Morgan fingerprint density at radius 2 is 1.02 bits per heavy atom. The third kappa shape index (κ3) is 4.91. The van der Waals surface area contributed by atoms with Gasteiger partial charge >= 0.3 is 0 Å². The summed E-state index contributed by atoms with van der Waals surface area (Å²) in [6, 6.07) is 82.0. The van der Waals surface area contributed by atoms with Crippen molar-refractivity contribution in [1.82, 2.24) is 4.57 Å². The van der Waals surface area contributed by atoms with Crippen LogP contribution in [-0.4, -0.2) is 4.57 Å². The predicted octanol–water partition coefficient (Wildman–Crippen LogP) is 16.5. The van der Waals surface area contributed by atoms with Crippen molar-refractivity contribution in [2.24, 2.45) is 0 Å². The second-order valence-corrected chi connectivity index (χ2v) is 19.5. The molecule has 2 heterocycles. The molecule has 3 heteroatoms. The molecule has 0 saturated carbocycles. The zero-order valence-electron chi connectivity index (χ0n) is 36.1. The third-order valence-electron chi connectivity index (χ3n) is 14.8. The van der Waals surface area contributed by atoms with Crippen LogP contribution in [0.2, 0.25) is 0 Å². The Hall–Kier alpha value is -7.59. The Labute approximate surface area is 383 Å². The molecule has 0 N–H and O–H groups in total. The van der Waals surface area contributed by atoms with Crippen molar-refractivity contribution < 1.29 is 0 Å². The topological polar surface area (TPSA) is 8.17 Å². The van der Waals surface area contributed by atoms with E-state index in [0.29, 0.717) is 0 Å². The van der Waals surface area contributed by atoms with E-state index in [1.807, 2.05) is 11.8 Å². The summed E-state index contributed by atoms with van der Waals surface area (Å²) in [5, 5.41) is 5.11. The number of benzene rings is 10. The highest BCUT2D eigenvalue weighted by Crippen LogP contribution is 2.62. The molecular formula is C62H42N2S. The van der Waals surface area contributed by atoms with E-state index in [-0.39, 0.29) is 5.41 Å². The average Bonchev–Trinajstić information content (AvgIpc) is 3.81. The summed E-state index contributed by atoms with van der Waals surface area (Å²) in [7, 11) is 0. The Balaban J connectivity index is 1.01. The summed E-state index contributed by atoms with van der Waals surface area (Å²) in [5.74, 6) is 0. The van der Waals surface area contributed by atoms with Crippen LogP contribution < -0.4 is 4.90 Å². The van der Waals surface area contributed by atoms with Gasteiger partial charge in [-0.15, -0.1) is 0 Å². The Kier molecular flexibility index (Phi) is 7.63. The molecule has 0 fully saturated rings. The molecule has 1 atom stereocenters. The smallest absolute Gasteiger partial charge is 0.0735 e. The van der Waals surface area contributed by atoms with Gasteiger partial charge in [0.05, 0.1) is 22.1 Å². The van der Waals surface area contributed by atoms with Crippen LogP contribution in [0.15, 0.2) is 228 Å². The van der Waals surface area contributed by atoms with E-state index in [2.05, 4.69) is 242 Å². The maximum Gasteiger partial charge on any atom is 0.0735 e. The lowest BCUT2D eigenvalue weighted by molar-refractivity contribution is 0.660. The predicted molar refractivity (Wildman–Crippen MR) is 272 cm³/mol. The highest BCUT2D eigenvalue weighted by Gasteiger charge is 2.48. The summed E-state index contributed by atoms with van der Waals surface area (Å²) in [6.45, 7) is 4.74. The SMILES string of the molecule is CC1(C)c2ccccc2-c2c(-n3c4ccccc4c4ccc(N(c5ccccc5)c5ccc6c(c5)Sc5ccccc5C65c6ccccc6-c6cccc7cccc5c67)cc43)cccc21. The normalized spacial score (nSPS) is 16.0. The van der Waals surface area contributed by atoms with Crippen LogP contribution in [0.4, 0.5) is 17.1 Å². The molecular weight excluding hydrogens is 805 g/mol. The Morgan fingerprint density at radius 1 is 0.400 bits per heavy atom. The van der Waals surface area contributed by atoms with Gasteiger partial charge in [0, 0.05) is 48.6 Å². The van der Waals surface area contributed by atoms with Crippen molar-refractivity contribution in [3.8, 4) is 27.9 Å². The number of aromatic nitrogens is 1. The molecule has 1 aromatic heterocycles. The quantitative estimate of drug-likeness (QED) is 0.174. The second kappa shape index (κ2) is 13.5. The van der Waals surface area contributed by atoms with E-state index in [1.54, 1.807) is 0 Å². The van der Waals surface area contributed by atoms with Crippen molar-refractivity contribution in [1.29, 1.82) is 0 Å². The van der Waals surface area contributed by atoms with Crippen molar-refractivity contribution >= 4 is 61.4 Å². The maximum absolute atomic E-state index is 2.52. The Bertz CT molecular complexity index is 3800. The van der Waals surface area contributed by atoms with E-state index in [9.17, 15) is 0 Å². The summed E-state index contributed by atoms with van der Waals surface area (Å²) in [5.41, 5.74) is 19.7. The van der Waals surface area contributed by atoms with E-state index in [4.69, 9.17) is 0 Å². The molecule has 65 heavy (non-hydrogen) atoms. The molecule has 10 aromatic carbocycles. The molecule has 2 aliphatic carbocycles. The third-order valence-corrected chi connectivity index (χ3v) is 16.0. The number of fused-ring (bicyclic) bond motifs is 14. The highest BCUT2D eigenvalue weighted by molar-refractivity contribution is 7.99. The molecule has 0 radical (unpaired) electrons. The zero-order valence-corrected chi connectivity index (χ0v) is 36.9. The van der Waals surface area contributed by atoms with Crippen LogP contribution in [0, 0.1) is 0 Å². The van der Waals surface area contributed by atoms with Gasteiger partial charge in [-0.3, -0.25) is 0 Å². The molecule has 1 aliphatic heterocycles. The van der Waals surface area contributed by atoms with Crippen molar-refractivity contribution in [3.05, 3.63) is 252 Å². The molecule has 14 rings (SSSR count). The van der Waals surface area contributed by atoms with Gasteiger partial charge in [-0.2, -0.15) is 0 Å². The van der Waals surface area contributed by atoms with Gasteiger partial charge in [0.15, 0.2) is 0 Å². The van der Waals surface area contributed by atoms with Crippen molar-refractivity contribution in [2.75, 3.05) is 4.90 Å². The summed E-state index contributed by atoms with van der Waals surface area (Å²) in [4.78, 5) is 5.01. The lowest BCUT2D eigenvalue weighted by Crippen LogP contribution is -2.36. The molecule has 1 spiro atoms. The van der Waals surface area contributed by atoms with Gasteiger partial charge in [0.2, 0.25) is 0 Å². The molecule has 2 nitrogen and oxygen atoms in total. The fourth-order valence-electron chi connectivity index (χ4n) is 12.1. The lowest BCUT2D eigenvalue weighted by atomic mass is 9.59. The van der Waals surface area contributed by atoms with E-state index in [0.717, 1.165) is 17.1 Å². The van der Waals surface area contributed by atoms with Gasteiger partial charge in [-0.05, 0) is 115 Å². The number of hydrogen-bond acceptors (Lipinski definition) is 2. The second-order valence-electron chi connectivity index (χ2n) is 18.4. The molecule has 0 saturated heterocycles. The van der Waals surface area contributed by atoms with E-state index < -0.39 is 5.41 Å². The molecule has 306 valence electrons. The monoisotopic (exact) mass is 846 g/mol. The molecule has 0 bridgehead atoms. The fraction of sp³-hybridized carbons (Fsp3) is 0.0645. The number of para-hydroxylation sites is 2. The number of rotatable bonds is 4. The van der Waals surface area contributed by atoms with Crippen LogP contribution in [-0.2, 0) is 10.8 Å². The lowest BCUT2D eigenvalue weighted by Gasteiger charge is -2.46. The van der Waals surface area contributed by atoms with Gasteiger partial charge in [0.1, 0.15) is 0 Å². The average molecular weight is 847 g/mol. The van der Waals surface area contributed by atoms with Gasteiger partial charge in [-0.25, -0.2) is 0 Å². The minimum Gasteiger partial charge on any atom is -0.310 e. The largest absolute Gasteiger partial charge is 0.310 e. The summed E-state index contributed by atoms with van der Waals surface area (Å²) in [6.07, 6.45) is 0. The summed E-state index contributed by atoms with van der Waals surface area (Å²) < 4.78 is 2.52. The maximum atomic E-state index is 2.52. The van der Waals surface area contributed by atoms with Gasteiger partial charge in [-0.1, -0.05) is 189 Å². The van der Waals surface area contributed by atoms with Crippen LogP contribution in [0.1, 0.15) is 47.2 Å². The fourth-order valence-corrected chi connectivity index (χ4v) is 13.4. The number of nitrogens with zero attached hydrogens (tertiary/aromatic N) is 2. The first-order chi connectivity index (χ1) is 32.0. The minimum absolute atomic E-state index is 0.102. The van der Waals surface area contributed by atoms with Crippen LogP contribution in [0.25, 0.3) is 60.5 Å². The number of hydrogen-bond donors (Lipinski definition) is 0. The van der Waals surface area contributed by atoms with Crippen molar-refractivity contribution in [2.45, 2.75) is 34.5 Å². The minimum atomic E-state index is -0.499. The molecule has 0 amide bonds. The molecule has 11 aromatic rings. The highest BCUT2D eigenvalue weighted by atomic mass is 32.2. The number of anilines is 3. The van der Waals surface area contributed by atoms with E-state index >= 15 is 0 Å². The van der Waals surface area contributed by atoms with Crippen LogP contribution in [0.3, 0.4) is 0 Å². The first-order valence-corrected chi connectivity index (χ1v) is 23.5. The Morgan fingerprint density at radius 3 is 1.89 bits per heavy atom.